The lowest BCUT2D eigenvalue weighted by atomic mass is 10.1. The third-order valence-corrected chi connectivity index (χ3v) is 2.96. The van der Waals surface area contributed by atoms with E-state index in [2.05, 4.69) is 17.4 Å². The minimum absolute atomic E-state index is 0.393. The molecular weight excluding hydrogens is 250 g/mol. The minimum Gasteiger partial charge on any atom is -0.410 e. The first kappa shape index (κ1) is 14.1. The number of aryl methyl sites for hydroxylation is 1. The molecule has 2 aromatic carbocycles. The zero-order chi connectivity index (χ0) is 14.0. The highest BCUT2D eigenvalue weighted by atomic mass is 16.5. The van der Waals surface area contributed by atoms with Crippen LogP contribution in [-0.4, -0.2) is 12.6 Å². The van der Waals surface area contributed by atoms with Crippen LogP contribution in [0.4, 0.5) is 4.79 Å². The van der Waals surface area contributed by atoms with Gasteiger partial charge < -0.3 is 10.1 Å². The topological polar surface area (TPSA) is 38.3 Å². The number of nitrogens with one attached hydrogen (secondary N) is 1. The van der Waals surface area contributed by atoms with Crippen molar-refractivity contribution in [3.63, 3.8) is 0 Å². The third-order valence-electron chi connectivity index (χ3n) is 2.96. The summed E-state index contributed by atoms with van der Waals surface area (Å²) in [6.07, 6.45) is 2.64. The predicted molar refractivity (Wildman–Crippen MR) is 79.8 cm³/mol. The van der Waals surface area contributed by atoms with Gasteiger partial charge in [-0.25, -0.2) is 4.79 Å². The van der Waals surface area contributed by atoms with E-state index in [0.717, 1.165) is 19.3 Å². The Hall–Kier alpha value is -2.29. The van der Waals surface area contributed by atoms with Gasteiger partial charge >= 0.3 is 6.09 Å². The molecule has 0 unspecified atom stereocenters. The molecule has 0 saturated carbocycles. The van der Waals surface area contributed by atoms with E-state index in [-0.39, 0.29) is 0 Å². The molecule has 104 valence electrons. The number of benzene rings is 2. The Morgan fingerprint density at radius 2 is 1.55 bits per heavy atom. The highest BCUT2D eigenvalue weighted by Crippen LogP contribution is 2.08. The Kier molecular flexibility index (Phi) is 5.65. The van der Waals surface area contributed by atoms with Crippen LogP contribution in [0.5, 0.6) is 5.75 Å². The van der Waals surface area contributed by atoms with Crippen molar-refractivity contribution in [1.29, 1.82) is 0 Å². The predicted octanol–water partition coefficient (Wildman–Crippen LogP) is 3.80. The second kappa shape index (κ2) is 8.00. The fraction of sp³-hybridized carbons (Fsp3) is 0.235. The van der Waals surface area contributed by atoms with E-state index in [9.17, 15) is 4.79 Å². The number of ether oxygens (including phenoxy) is 1. The van der Waals surface area contributed by atoms with Gasteiger partial charge in [0.05, 0.1) is 0 Å². The van der Waals surface area contributed by atoms with E-state index < -0.39 is 6.09 Å². The maximum atomic E-state index is 11.5. The summed E-state index contributed by atoms with van der Waals surface area (Å²) in [4.78, 5) is 11.5. The van der Waals surface area contributed by atoms with Gasteiger partial charge in [0.25, 0.3) is 0 Å². The monoisotopic (exact) mass is 269 g/mol. The molecule has 0 atom stereocenters. The van der Waals surface area contributed by atoms with Crippen molar-refractivity contribution in [3.05, 3.63) is 66.2 Å². The van der Waals surface area contributed by atoms with Crippen molar-refractivity contribution in [3.8, 4) is 5.75 Å². The molecule has 0 radical (unpaired) electrons. The fourth-order valence-electron chi connectivity index (χ4n) is 1.92. The van der Waals surface area contributed by atoms with Crippen LogP contribution in [0, 0.1) is 0 Å². The summed E-state index contributed by atoms with van der Waals surface area (Å²) in [5.41, 5.74) is 1.33. The zero-order valence-electron chi connectivity index (χ0n) is 11.4. The van der Waals surface area contributed by atoms with Gasteiger partial charge in [-0.05, 0) is 37.0 Å². The molecule has 0 fully saturated rings. The first-order chi connectivity index (χ1) is 9.84. The molecule has 2 rings (SSSR count). The maximum absolute atomic E-state index is 11.5. The highest BCUT2D eigenvalue weighted by molar-refractivity contribution is 5.70. The lowest BCUT2D eigenvalue weighted by Crippen LogP contribution is -2.27. The molecule has 1 amide bonds. The molecular formula is C17H19NO2. The van der Waals surface area contributed by atoms with E-state index >= 15 is 0 Å². The maximum Gasteiger partial charge on any atom is 0.412 e. The lowest BCUT2D eigenvalue weighted by Gasteiger charge is -2.06. The standard InChI is InChI=1S/C17H19NO2/c19-17(20-16-12-5-2-6-13-16)18-14-8-7-11-15-9-3-1-4-10-15/h1-6,9-10,12-13H,7-8,11,14H2,(H,18,19). The molecule has 0 aliphatic rings. The Labute approximate surface area is 119 Å². The van der Waals surface area contributed by atoms with Crippen molar-refractivity contribution < 1.29 is 9.53 Å². The molecule has 0 heterocycles. The Morgan fingerprint density at radius 3 is 2.25 bits per heavy atom. The molecule has 3 nitrogen and oxygen atoms in total. The summed E-state index contributed by atoms with van der Waals surface area (Å²) in [6, 6.07) is 19.4. The summed E-state index contributed by atoms with van der Waals surface area (Å²) >= 11 is 0. The molecule has 2 aromatic rings. The zero-order valence-corrected chi connectivity index (χ0v) is 11.4. The van der Waals surface area contributed by atoms with Gasteiger partial charge in [0, 0.05) is 6.54 Å². The molecule has 0 saturated heterocycles. The van der Waals surface area contributed by atoms with E-state index in [1.807, 2.05) is 36.4 Å². The van der Waals surface area contributed by atoms with Crippen molar-refractivity contribution in [2.75, 3.05) is 6.54 Å². The highest BCUT2D eigenvalue weighted by Gasteiger charge is 2.02. The van der Waals surface area contributed by atoms with Gasteiger partial charge in [-0.3, -0.25) is 0 Å². The fourth-order valence-corrected chi connectivity index (χ4v) is 1.92. The summed E-state index contributed by atoms with van der Waals surface area (Å²) in [5, 5.41) is 2.76. The second-order valence-corrected chi connectivity index (χ2v) is 4.57. The van der Waals surface area contributed by atoms with Gasteiger partial charge in [-0.15, -0.1) is 0 Å². The first-order valence-corrected chi connectivity index (χ1v) is 6.89. The number of para-hydroxylation sites is 1. The van der Waals surface area contributed by atoms with E-state index in [1.54, 1.807) is 12.1 Å². The van der Waals surface area contributed by atoms with Gasteiger partial charge in [0.2, 0.25) is 0 Å². The average molecular weight is 269 g/mol. The Bertz CT molecular complexity index is 511. The number of carbonyl (C=O) groups is 1. The van der Waals surface area contributed by atoms with E-state index in [4.69, 9.17) is 4.74 Å². The van der Waals surface area contributed by atoms with Crippen molar-refractivity contribution in [2.24, 2.45) is 0 Å². The van der Waals surface area contributed by atoms with Crippen LogP contribution >= 0.6 is 0 Å². The SMILES string of the molecule is O=C(NCCCCc1ccccc1)Oc1ccccc1. The van der Waals surface area contributed by atoms with Crippen LogP contribution in [0.25, 0.3) is 0 Å². The summed E-state index contributed by atoms with van der Waals surface area (Å²) < 4.78 is 5.13. The van der Waals surface area contributed by atoms with Gasteiger partial charge in [-0.1, -0.05) is 48.5 Å². The van der Waals surface area contributed by atoms with E-state index in [1.165, 1.54) is 5.56 Å². The molecule has 0 spiro atoms. The molecule has 1 N–H and O–H groups in total. The van der Waals surface area contributed by atoms with Crippen molar-refractivity contribution >= 4 is 6.09 Å². The van der Waals surface area contributed by atoms with Gasteiger partial charge in [-0.2, -0.15) is 0 Å². The Morgan fingerprint density at radius 1 is 0.900 bits per heavy atom. The number of rotatable bonds is 6. The molecule has 3 heteroatoms. The molecule has 0 aliphatic carbocycles. The summed E-state index contributed by atoms with van der Waals surface area (Å²) in [5.74, 6) is 0.564. The van der Waals surface area contributed by atoms with Crippen LogP contribution in [-0.2, 0) is 6.42 Å². The van der Waals surface area contributed by atoms with Crippen LogP contribution in [0.15, 0.2) is 60.7 Å². The molecule has 0 bridgehead atoms. The van der Waals surface area contributed by atoms with Crippen LogP contribution in [0.3, 0.4) is 0 Å². The summed E-state index contributed by atoms with van der Waals surface area (Å²) in [6.45, 7) is 0.637. The number of hydrogen-bond acceptors (Lipinski definition) is 2. The quantitative estimate of drug-likeness (QED) is 0.810. The van der Waals surface area contributed by atoms with E-state index in [0.29, 0.717) is 12.3 Å². The third kappa shape index (κ3) is 5.14. The number of carbonyl (C=O) groups excluding carboxylic acids is 1. The normalized spacial score (nSPS) is 10.0. The molecule has 0 aliphatic heterocycles. The average Bonchev–Trinajstić information content (AvgIpc) is 2.49. The largest absolute Gasteiger partial charge is 0.412 e. The summed E-state index contributed by atoms with van der Waals surface area (Å²) in [7, 11) is 0. The lowest BCUT2D eigenvalue weighted by molar-refractivity contribution is 0.200. The van der Waals surface area contributed by atoms with Crippen LogP contribution < -0.4 is 10.1 Å². The number of amides is 1. The van der Waals surface area contributed by atoms with Crippen LogP contribution in [0.2, 0.25) is 0 Å². The smallest absolute Gasteiger partial charge is 0.410 e. The number of hydrogen-bond donors (Lipinski definition) is 1. The van der Waals surface area contributed by atoms with Crippen LogP contribution in [0.1, 0.15) is 18.4 Å². The van der Waals surface area contributed by atoms with Gasteiger partial charge in [0.15, 0.2) is 0 Å². The van der Waals surface area contributed by atoms with Gasteiger partial charge in [0.1, 0.15) is 5.75 Å². The Balaban J connectivity index is 1.58. The first-order valence-electron chi connectivity index (χ1n) is 6.89. The minimum atomic E-state index is -0.393. The number of unbranched alkanes of at least 4 members (excludes halogenated alkanes) is 1. The second-order valence-electron chi connectivity index (χ2n) is 4.57. The van der Waals surface area contributed by atoms with Crippen molar-refractivity contribution in [1.82, 2.24) is 5.32 Å². The molecule has 0 aromatic heterocycles. The molecule has 20 heavy (non-hydrogen) atoms. The van der Waals surface area contributed by atoms with Crippen molar-refractivity contribution in [2.45, 2.75) is 19.3 Å².